The van der Waals surface area contributed by atoms with Gasteiger partial charge in [0.25, 0.3) is 5.69 Å². The summed E-state index contributed by atoms with van der Waals surface area (Å²) in [7, 11) is 0. The van der Waals surface area contributed by atoms with Crippen molar-refractivity contribution in [2.75, 3.05) is 5.32 Å². The Morgan fingerprint density at radius 2 is 1.73 bits per heavy atom. The van der Waals surface area contributed by atoms with Crippen LogP contribution in [0.25, 0.3) is 0 Å². The van der Waals surface area contributed by atoms with Gasteiger partial charge in [-0.3, -0.25) is 29.4 Å². The van der Waals surface area contributed by atoms with E-state index < -0.39 is 28.7 Å². The highest BCUT2D eigenvalue weighted by Crippen LogP contribution is 2.53. The van der Waals surface area contributed by atoms with Crippen molar-refractivity contribution in [2.24, 2.45) is 23.7 Å². The zero-order valence-electron chi connectivity index (χ0n) is 18.0. The summed E-state index contributed by atoms with van der Waals surface area (Å²) in [5.74, 6) is -1.86. The molecule has 2 aliphatic carbocycles. The summed E-state index contributed by atoms with van der Waals surface area (Å²) in [5.41, 5.74) is 1.42. The van der Waals surface area contributed by atoms with E-state index in [2.05, 4.69) is 5.32 Å². The Hall–Kier alpha value is -3.81. The van der Waals surface area contributed by atoms with E-state index in [9.17, 15) is 24.5 Å². The molecule has 8 nitrogen and oxygen atoms in total. The first kappa shape index (κ1) is 21.1. The van der Waals surface area contributed by atoms with Gasteiger partial charge in [0.1, 0.15) is 6.04 Å². The predicted molar refractivity (Wildman–Crippen MR) is 120 cm³/mol. The topological polar surface area (TPSA) is 110 Å². The molecule has 1 saturated carbocycles. The number of aryl methyl sites for hydroxylation is 1. The smallest absolute Gasteiger partial charge is 0.274 e. The van der Waals surface area contributed by atoms with Gasteiger partial charge in [0.05, 0.1) is 16.8 Å². The van der Waals surface area contributed by atoms with Crippen molar-refractivity contribution in [1.29, 1.82) is 0 Å². The number of hydrogen-bond donors (Lipinski definition) is 1. The summed E-state index contributed by atoms with van der Waals surface area (Å²) in [5, 5.41) is 14.0. The quantitative estimate of drug-likeness (QED) is 0.318. The van der Waals surface area contributed by atoms with Gasteiger partial charge in [0, 0.05) is 23.7 Å². The molecule has 5 rings (SSSR count). The molecule has 2 aromatic carbocycles. The van der Waals surface area contributed by atoms with Crippen molar-refractivity contribution in [3.63, 3.8) is 0 Å². The minimum absolute atomic E-state index is 0.0432. The number of nitro benzene ring substituents is 1. The molecule has 2 aromatic rings. The van der Waals surface area contributed by atoms with Crippen LogP contribution >= 0.6 is 0 Å². The summed E-state index contributed by atoms with van der Waals surface area (Å²) in [6.45, 7) is 1.62. The molecule has 0 unspecified atom stereocenters. The third-order valence-corrected chi connectivity index (χ3v) is 7.06. The molecule has 1 aliphatic heterocycles. The van der Waals surface area contributed by atoms with Crippen LogP contribution in [0.1, 0.15) is 17.5 Å². The lowest BCUT2D eigenvalue weighted by Crippen LogP contribution is -2.49. The number of nitro groups is 1. The lowest BCUT2D eigenvalue weighted by molar-refractivity contribution is -0.385. The van der Waals surface area contributed by atoms with Crippen LogP contribution < -0.4 is 5.32 Å². The summed E-state index contributed by atoms with van der Waals surface area (Å²) in [4.78, 5) is 52.1. The largest absolute Gasteiger partial charge is 0.324 e. The van der Waals surface area contributed by atoms with Gasteiger partial charge in [-0.05, 0) is 36.8 Å². The fourth-order valence-electron chi connectivity index (χ4n) is 5.48. The number of amides is 3. The van der Waals surface area contributed by atoms with Crippen molar-refractivity contribution in [2.45, 2.75) is 25.8 Å². The highest BCUT2D eigenvalue weighted by atomic mass is 16.6. The Kier molecular flexibility index (Phi) is 5.08. The molecule has 3 aliphatic rings. The number of imide groups is 1. The highest BCUT2D eigenvalue weighted by Gasteiger charge is 2.61. The zero-order valence-corrected chi connectivity index (χ0v) is 18.0. The van der Waals surface area contributed by atoms with Crippen LogP contribution in [-0.2, 0) is 20.8 Å². The molecule has 8 heteroatoms. The van der Waals surface area contributed by atoms with E-state index in [0.29, 0.717) is 5.56 Å². The van der Waals surface area contributed by atoms with Crippen molar-refractivity contribution >= 4 is 29.1 Å². The van der Waals surface area contributed by atoms with E-state index in [1.165, 1.54) is 6.07 Å². The molecule has 3 amide bonds. The van der Waals surface area contributed by atoms with Crippen molar-refractivity contribution < 1.29 is 19.3 Å². The number of carbonyl (C=O) groups is 3. The Morgan fingerprint density at radius 1 is 1.09 bits per heavy atom. The Morgan fingerprint density at radius 3 is 2.33 bits per heavy atom. The van der Waals surface area contributed by atoms with E-state index >= 15 is 0 Å². The highest BCUT2D eigenvalue weighted by molar-refractivity contribution is 6.11. The molecule has 1 heterocycles. The average Bonchev–Trinajstić information content (AvgIpc) is 3.48. The Balaban J connectivity index is 1.46. The fourth-order valence-corrected chi connectivity index (χ4v) is 5.48. The number of nitrogens with one attached hydrogen (secondary N) is 1. The van der Waals surface area contributed by atoms with Crippen molar-refractivity contribution in [1.82, 2.24) is 4.90 Å². The summed E-state index contributed by atoms with van der Waals surface area (Å²) >= 11 is 0. The standard InChI is InChI=1S/C25H23N3O5/c1-14-7-10-18(13-19(14)28(32)33)26-23(29)20(11-15-5-3-2-4-6-15)27-24(30)21-16-8-9-17(12-16)22(21)25(27)31/h2-10,13,16-17,20-22H,11-12H2,1H3,(H,26,29)/t16-,17-,20-,21-,22+/m0/s1. The van der Waals surface area contributed by atoms with Crippen LogP contribution in [0.5, 0.6) is 0 Å². The average molecular weight is 445 g/mol. The Bertz CT molecular complexity index is 1160. The molecule has 5 atom stereocenters. The molecular weight excluding hydrogens is 422 g/mol. The van der Waals surface area contributed by atoms with Gasteiger partial charge in [0.15, 0.2) is 0 Å². The molecule has 33 heavy (non-hydrogen) atoms. The second-order valence-electron chi connectivity index (χ2n) is 9.00. The van der Waals surface area contributed by atoms with Crippen molar-refractivity contribution in [3.8, 4) is 0 Å². The van der Waals surface area contributed by atoms with Gasteiger partial charge in [-0.1, -0.05) is 48.6 Å². The first-order valence-electron chi connectivity index (χ1n) is 11.0. The number of carbonyl (C=O) groups excluding carboxylic acids is 3. The van der Waals surface area contributed by atoms with Crippen LogP contribution in [0.2, 0.25) is 0 Å². The van der Waals surface area contributed by atoms with Crippen LogP contribution in [0.4, 0.5) is 11.4 Å². The molecule has 0 aromatic heterocycles. The minimum atomic E-state index is -1.04. The molecular formula is C25H23N3O5. The summed E-state index contributed by atoms with van der Waals surface area (Å²) in [6.07, 6.45) is 5.00. The number of nitrogens with zero attached hydrogens (tertiary/aromatic N) is 2. The number of anilines is 1. The summed E-state index contributed by atoms with van der Waals surface area (Å²) in [6, 6.07) is 12.6. The monoisotopic (exact) mass is 445 g/mol. The summed E-state index contributed by atoms with van der Waals surface area (Å²) < 4.78 is 0. The molecule has 2 bridgehead atoms. The van der Waals surface area contributed by atoms with Gasteiger partial charge in [-0.25, -0.2) is 0 Å². The predicted octanol–water partition coefficient (Wildman–Crippen LogP) is 3.26. The molecule has 0 spiro atoms. The van der Waals surface area contributed by atoms with E-state index in [-0.39, 0.29) is 41.4 Å². The van der Waals surface area contributed by atoms with Crippen LogP contribution in [0, 0.1) is 40.7 Å². The molecule has 2 fully saturated rings. The van der Waals surface area contributed by atoms with Gasteiger partial charge in [0.2, 0.25) is 17.7 Å². The van der Waals surface area contributed by atoms with Crippen molar-refractivity contribution in [3.05, 3.63) is 81.9 Å². The molecule has 1 saturated heterocycles. The maximum atomic E-state index is 13.4. The third kappa shape index (κ3) is 3.51. The van der Waals surface area contributed by atoms with Crippen LogP contribution in [0.3, 0.4) is 0 Å². The van der Waals surface area contributed by atoms with E-state index in [0.717, 1.165) is 16.9 Å². The maximum absolute atomic E-state index is 13.4. The van der Waals surface area contributed by atoms with E-state index in [1.807, 2.05) is 42.5 Å². The molecule has 1 N–H and O–H groups in total. The maximum Gasteiger partial charge on any atom is 0.274 e. The SMILES string of the molecule is Cc1ccc(NC(=O)[C@H](Cc2ccccc2)N2C(=O)[C@@H]3[C@H](C2=O)[C@H]2C=C[C@H]3C2)cc1[N+](=O)[O-]. The minimum Gasteiger partial charge on any atom is -0.324 e. The van der Waals surface area contributed by atoms with Gasteiger partial charge in [-0.2, -0.15) is 0 Å². The first-order valence-corrected chi connectivity index (χ1v) is 11.0. The van der Waals surface area contributed by atoms with E-state index in [1.54, 1.807) is 19.1 Å². The van der Waals surface area contributed by atoms with Gasteiger partial charge in [-0.15, -0.1) is 0 Å². The third-order valence-electron chi connectivity index (χ3n) is 7.06. The zero-order chi connectivity index (χ0) is 23.3. The number of hydrogen-bond acceptors (Lipinski definition) is 5. The number of benzene rings is 2. The fraction of sp³-hybridized carbons (Fsp3) is 0.320. The normalized spacial score (nSPS) is 25.9. The second kappa shape index (κ2) is 7.95. The van der Waals surface area contributed by atoms with Gasteiger partial charge >= 0.3 is 0 Å². The first-order chi connectivity index (χ1) is 15.8. The van der Waals surface area contributed by atoms with E-state index in [4.69, 9.17) is 0 Å². The molecule has 0 radical (unpaired) electrons. The lowest BCUT2D eigenvalue weighted by Gasteiger charge is -2.27. The number of likely N-dealkylation sites (tertiary alicyclic amines) is 1. The van der Waals surface area contributed by atoms with Crippen LogP contribution in [0.15, 0.2) is 60.7 Å². The van der Waals surface area contributed by atoms with Crippen LogP contribution in [-0.4, -0.2) is 33.6 Å². The second-order valence-corrected chi connectivity index (χ2v) is 9.00. The number of rotatable bonds is 6. The number of fused-ring (bicyclic) bond motifs is 5. The Labute approximate surface area is 190 Å². The number of allylic oxidation sites excluding steroid dienone is 2. The molecule has 168 valence electrons. The van der Waals surface area contributed by atoms with Gasteiger partial charge < -0.3 is 5.32 Å². The lowest BCUT2D eigenvalue weighted by atomic mass is 9.85.